The quantitative estimate of drug-likeness (QED) is 0.330. The molecule has 156 valence electrons. The molecule has 0 N–H and O–H groups in total. The van der Waals surface area contributed by atoms with E-state index in [1.807, 2.05) is 31.2 Å². The number of methoxy groups -OCH3 is 1. The molecule has 7 heteroatoms. The predicted molar refractivity (Wildman–Crippen MR) is 126 cm³/mol. The Bertz CT molecular complexity index is 962. The van der Waals surface area contributed by atoms with Crippen molar-refractivity contribution in [3.8, 4) is 17.6 Å². The molecule has 1 heterocycles. The number of piperazine rings is 1. The highest BCUT2D eigenvalue weighted by molar-refractivity contribution is 14.1. The van der Waals surface area contributed by atoms with E-state index in [1.165, 1.54) is 0 Å². The number of amides is 1. The smallest absolute Gasteiger partial charge is 0.264 e. The van der Waals surface area contributed by atoms with Crippen molar-refractivity contribution < 1.29 is 14.3 Å². The van der Waals surface area contributed by atoms with E-state index < -0.39 is 0 Å². The number of benzene rings is 2. The summed E-state index contributed by atoms with van der Waals surface area (Å²) < 4.78 is 11.9. The first-order valence-electron chi connectivity index (χ1n) is 9.78. The van der Waals surface area contributed by atoms with Gasteiger partial charge in [0.1, 0.15) is 11.6 Å². The molecule has 0 aromatic heterocycles. The Morgan fingerprint density at radius 3 is 2.50 bits per heavy atom. The topological polar surface area (TPSA) is 65.8 Å². The molecule has 1 amide bonds. The fourth-order valence-corrected chi connectivity index (χ4v) is 4.17. The molecular weight excluding hydrogens is 493 g/mol. The molecular formula is C23H24IN3O3. The van der Waals surface area contributed by atoms with Gasteiger partial charge in [0.15, 0.2) is 11.5 Å². The number of carbonyl (C=O) groups is 1. The van der Waals surface area contributed by atoms with Crippen LogP contribution in [0.3, 0.4) is 0 Å². The van der Waals surface area contributed by atoms with E-state index in [1.54, 1.807) is 24.2 Å². The molecule has 0 bridgehead atoms. The molecule has 2 aromatic carbocycles. The molecule has 30 heavy (non-hydrogen) atoms. The molecule has 0 saturated carbocycles. The van der Waals surface area contributed by atoms with E-state index in [2.05, 4.69) is 45.7 Å². The molecule has 3 rings (SSSR count). The number of halogens is 1. The summed E-state index contributed by atoms with van der Waals surface area (Å²) in [5, 5.41) is 9.62. The second kappa shape index (κ2) is 10.3. The van der Waals surface area contributed by atoms with Gasteiger partial charge < -0.3 is 19.3 Å². The SMILES string of the molecule is CCOc1c(I)cc(/C=C(\C#N)C(=O)N2CCN(c3ccccc3)CC2)cc1OC. The fraction of sp³-hybridized carbons (Fsp3) is 0.304. The predicted octanol–water partition coefficient (Wildman–Crippen LogP) is 3.95. The Morgan fingerprint density at radius 2 is 1.90 bits per heavy atom. The Balaban J connectivity index is 1.75. The van der Waals surface area contributed by atoms with Gasteiger partial charge in [0.2, 0.25) is 0 Å². The highest BCUT2D eigenvalue weighted by Gasteiger charge is 2.24. The number of para-hydroxylation sites is 1. The molecule has 1 fully saturated rings. The first-order valence-corrected chi connectivity index (χ1v) is 10.9. The van der Waals surface area contributed by atoms with Crippen molar-refractivity contribution in [2.75, 3.05) is 44.8 Å². The van der Waals surface area contributed by atoms with Crippen molar-refractivity contribution in [1.29, 1.82) is 5.26 Å². The van der Waals surface area contributed by atoms with E-state index in [4.69, 9.17) is 9.47 Å². The summed E-state index contributed by atoms with van der Waals surface area (Å²) in [6.07, 6.45) is 1.62. The summed E-state index contributed by atoms with van der Waals surface area (Å²) in [6.45, 7) is 5.08. The monoisotopic (exact) mass is 517 g/mol. The molecule has 6 nitrogen and oxygen atoms in total. The zero-order valence-corrected chi connectivity index (χ0v) is 19.3. The second-order valence-corrected chi connectivity index (χ2v) is 7.91. The van der Waals surface area contributed by atoms with Crippen molar-refractivity contribution in [1.82, 2.24) is 4.90 Å². The summed E-state index contributed by atoms with van der Waals surface area (Å²) >= 11 is 2.17. The lowest BCUT2D eigenvalue weighted by Gasteiger charge is -2.36. The number of nitriles is 1. The van der Waals surface area contributed by atoms with Crippen molar-refractivity contribution in [3.63, 3.8) is 0 Å². The standard InChI is InChI=1S/C23H24IN3O3/c1-3-30-22-20(24)14-17(15-21(22)29-2)13-18(16-25)23(28)27-11-9-26(10-12-27)19-7-5-4-6-8-19/h4-8,13-15H,3,9-12H2,1-2H3/b18-13+. The minimum Gasteiger partial charge on any atom is -0.493 e. The van der Waals surface area contributed by atoms with E-state index >= 15 is 0 Å². The summed E-state index contributed by atoms with van der Waals surface area (Å²) in [5.74, 6) is 1.00. The Hall–Kier alpha value is -2.73. The van der Waals surface area contributed by atoms with Gasteiger partial charge in [0.05, 0.1) is 17.3 Å². The first-order chi connectivity index (χ1) is 14.6. The summed E-state index contributed by atoms with van der Waals surface area (Å²) in [5.41, 5.74) is 1.99. The van der Waals surface area contributed by atoms with Crippen molar-refractivity contribution in [3.05, 3.63) is 57.2 Å². The zero-order valence-electron chi connectivity index (χ0n) is 17.1. The second-order valence-electron chi connectivity index (χ2n) is 6.75. The van der Waals surface area contributed by atoms with Crippen LogP contribution in [0.5, 0.6) is 11.5 Å². The molecule has 2 aromatic rings. The number of nitrogens with zero attached hydrogens (tertiary/aromatic N) is 3. The molecule has 1 saturated heterocycles. The highest BCUT2D eigenvalue weighted by atomic mass is 127. The van der Waals surface area contributed by atoms with Crippen molar-refractivity contribution in [2.24, 2.45) is 0 Å². The van der Waals surface area contributed by atoms with Crippen LogP contribution in [0.4, 0.5) is 5.69 Å². The van der Waals surface area contributed by atoms with E-state index in [-0.39, 0.29) is 11.5 Å². The molecule has 0 unspecified atom stereocenters. The third-order valence-electron chi connectivity index (χ3n) is 4.89. The lowest BCUT2D eigenvalue weighted by Crippen LogP contribution is -2.49. The van der Waals surface area contributed by atoms with Gasteiger partial charge in [-0.1, -0.05) is 18.2 Å². The van der Waals surface area contributed by atoms with E-state index in [0.29, 0.717) is 31.2 Å². The highest BCUT2D eigenvalue weighted by Crippen LogP contribution is 2.34. The maximum atomic E-state index is 12.9. The maximum absolute atomic E-state index is 12.9. The van der Waals surface area contributed by atoms with Gasteiger partial charge in [-0.15, -0.1) is 0 Å². The number of anilines is 1. The largest absolute Gasteiger partial charge is 0.493 e. The summed E-state index contributed by atoms with van der Waals surface area (Å²) in [6, 6.07) is 15.9. The van der Waals surface area contributed by atoms with E-state index in [9.17, 15) is 10.1 Å². The Labute approximate surface area is 190 Å². The lowest BCUT2D eigenvalue weighted by molar-refractivity contribution is -0.126. The minimum atomic E-state index is -0.243. The first kappa shape index (κ1) is 22.0. The zero-order chi connectivity index (χ0) is 21.5. The van der Waals surface area contributed by atoms with Crippen LogP contribution in [0.25, 0.3) is 6.08 Å². The van der Waals surface area contributed by atoms with Gasteiger partial charge in [0, 0.05) is 31.9 Å². The van der Waals surface area contributed by atoms with Crippen LogP contribution in [0.1, 0.15) is 12.5 Å². The van der Waals surface area contributed by atoms with Gasteiger partial charge in [-0.2, -0.15) is 5.26 Å². The third kappa shape index (κ3) is 5.05. The van der Waals surface area contributed by atoms with Gasteiger partial charge in [-0.25, -0.2) is 0 Å². The number of rotatable bonds is 6. The Kier molecular flexibility index (Phi) is 7.57. The molecule has 0 radical (unpaired) electrons. The van der Waals surface area contributed by atoms with Gasteiger partial charge in [-0.05, 0) is 65.4 Å². The van der Waals surface area contributed by atoms with Crippen molar-refractivity contribution >= 4 is 40.3 Å². The Morgan fingerprint density at radius 1 is 1.20 bits per heavy atom. The minimum absolute atomic E-state index is 0.116. The number of hydrogen-bond acceptors (Lipinski definition) is 5. The molecule has 1 aliphatic rings. The number of hydrogen-bond donors (Lipinski definition) is 0. The van der Waals surface area contributed by atoms with Crippen LogP contribution in [0.15, 0.2) is 48.0 Å². The average Bonchev–Trinajstić information content (AvgIpc) is 2.79. The lowest BCUT2D eigenvalue weighted by atomic mass is 10.1. The average molecular weight is 517 g/mol. The fourth-order valence-electron chi connectivity index (χ4n) is 3.39. The maximum Gasteiger partial charge on any atom is 0.264 e. The third-order valence-corrected chi connectivity index (χ3v) is 5.69. The van der Waals surface area contributed by atoms with Gasteiger partial charge in [0.25, 0.3) is 5.91 Å². The molecule has 0 aliphatic carbocycles. The number of ether oxygens (including phenoxy) is 2. The van der Waals surface area contributed by atoms with Gasteiger partial charge >= 0.3 is 0 Å². The number of carbonyl (C=O) groups excluding carboxylic acids is 1. The van der Waals surface area contributed by atoms with E-state index in [0.717, 1.165) is 27.9 Å². The van der Waals surface area contributed by atoms with Crippen LogP contribution in [-0.2, 0) is 4.79 Å². The van der Waals surface area contributed by atoms with Crippen LogP contribution in [0.2, 0.25) is 0 Å². The normalized spacial score (nSPS) is 14.3. The summed E-state index contributed by atoms with van der Waals surface area (Å²) in [4.78, 5) is 16.9. The summed E-state index contributed by atoms with van der Waals surface area (Å²) in [7, 11) is 1.57. The molecule has 0 spiro atoms. The van der Waals surface area contributed by atoms with Crippen LogP contribution in [0, 0.1) is 14.9 Å². The van der Waals surface area contributed by atoms with Gasteiger partial charge in [-0.3, -0.25) is 4.79 Å². The molecule has 0 atom stereocenters. The molecule has 1 aliphatic heterocycles. The van der Waals surface area contributed by atoms with Crippen LogP contribution < -0.4 is 14.4 Å². The van der Waals surface area contributed by atoms with Crippen LogP contribution >= 0.6 is 22.6 Å². The van der Waals surface area contributed by atoms with Crippen LogP contribution in [-0.4, -0.2) is 50.7 Å². The van der Waals surface area contributed by atoms with Crippen molar-refractivity contribution in [2.45, 2.75) is 6.92 Å².